The number of rotatable bonds is 2. The molecule has 20 heavy (non-hydrogen) atoms. The summed E-state index contributed by atoms with van der Waals surface area (Å²) < 4.78 is 54.0. The Labute approximate surface area is 115 Å². The summed E-state index contributed by atoms with van der Waals surface area (Å²) in [7, 11) is 0. The number of halogens is 3. The minimum absolute atomic E-state index is 0.0733. The highest BCUT2D eigenvalue weighted by atomic mass is 32.2. The van der Waals surface area contributed by atoms with E-state index >= 15 is 0 Å². The van der Waals surface area contributed by atoms with E-state index in [1.807, 2.05) is 0 Å². The Morgan fingerprint density at radius 3 is 2.65 bits per heavy atom. The second-order valence-electron chi connectivity index (χ2n) is 4.35. The lowest BCUT2D eigenvalue weighted by molar-refractivity contribution is -0.141. The molecule has 0 aromatic carbocycles. The van der Waals surface area contributed by atoms with Gasteiger partial charge in [0.1, 0.15) is 29.4 Å². The van der Waals surface area contributed by atoms with Crippen LogP contribution in [-0.2, 0) is 17.4 Å². The number of pyridine rings is 1. The molecular formula is C11H12F3NO4S. The van der Waals surface area contributed by atoms with Crippen LogP contribution in [0.4, 0.5) is 13.2 Å². The summed E-state index contributed by atoms with van der Waals surface area (Å²) in [6, 6.07) is 3.11. The summed E-state index contributed by atoms with van der Waals surface area (Å²) in [6.45, 7) is 0. The molecule has 4 atom stereocenters. The Bertz CT molecular complexity index is 473. The van der Waals surface area contributed by atoms with Gasteiger partial charge in [-0.2, -0.15) is 13.2 Å². The Kier molecular flexibility index (Phi) is 4.43. The third-order valence-electron chi connectivity index (χ3n) is 2.77. The standard InChI is InChI=1S/C11H12F3NO4S/c12-11(13,14)8-2-1-3-9(15-8)19-7-5-20(18)4-6(16)10(7)17/h1-3,6-7,10,16-17H,4-5H2/t6-,7-,10-,20?/m0/s1. The Morgan fingerprint density at radius 2 is 2.00 bits per heavy atom. The lowest BCUT2D eigenvalue weighted by Gasteiger charge is -2.32. The molecule has 1 saturated heterocycles. The third-order valence-corrected chi connectivity index (χ3v) is 4.18. The van der Waals surface area contributed by atoms with Crippen molar-refractivity contribution >= 4 is 11.2 Å². The summed E-state index contributed by atoms with van der Waals surface area (Å²) in [5.74, 6) is -0.498. The number of alkyl halides is 3. The van der Waals surface area contributed by atoms with Crippen LogP contribution in [0.1, 0.15) is 5.69 Å². The number of aliphatic hydroxyl groups is 2. The van der Waals surface area contributed by atoms with Crippen LogP contribution in [0.5, 0.6) is 5.88 Å². The van der Waals surface area contributed by atoms with Gasteiger partial charge in [0, 0.05) is 6.07 Å². The Balaban J connectivity index is 2.13. The van der Waals surface area contributed by atoms with Gasteiger partial charge in [0.15, 0.2) is 6.10 Å². The Hall–Kier alpha value is -1.03. The Morgan fingerprint density at radius 1 is 1.30 bits per heavy atom. The van der Waals surface area contributed by atoms with Gasteiger partial charge in [-0.25, -0.2) is 4.98 Å². The van der Waals surface area contributed by atoms with Crippen LogP contribution in [0.25, 0.3) is 0 Å². The van der Waals surface area contributed by atoms with Crippen molar-refractivity contribution in [2.24, 2.45) is 0 Å². The van der Waals surface area contributed by atoms with E-state index in [4.69, 9.17) is 4.74 Å². The minimum Gasteiger partial charge on any atom is -0.616 e. The first kappa shape index (κ1) is 15.4. The molecule has 1 aromatic rings. The monoisotopic (exact) mass is 311 g/mol. The second-order valence-corrected chi connectivity index (χ2v) is 5.89. The van der Waals surface area contributed by atoms with E-state index in [2.05, 4.69) is 4.98 Å². The van der Waals surface area contributed by atoms with Crippen molar-refractivity contribution in [3.8, 4) is 5.88 Å². The van der Waals surface area contributed by atoms with Gasteiger partial charge in [0.25, 0.3) is 0 Å². The van der Waals surface area contributed by atoms with Gasteiger partial charge < -0.3 is 19.5 Å². The highest BCUT2D eigenvalue weighted by molar-refractivity contribution is 7.91. The summed E-state index contributed by atoms with van der Waals surface area (Å²) in [5, 5.41) is 19.1. The molecule has 2 N–H and O–H groups in total. The van der Waals surface area contributed by atoms with E-state index in [-0.39, 0.29) is 17.4 Å². The van der Waals surface area contributed by atoms with Crippen molar-refractivity contribution in [2.45, 2.75) is 24.5 Å². The molecule has 5 nitrogen and oxygen atoms in total. The number of aromatic nitrogens is 1. The van der Waals surface area contributed by atoms with E-state index in [0.717, 1.165) is 12.1 Å². The molecule has 112 valence electrons. The second kappa shape index (κ2) is 5.76. The zero-order chi connectivity index (χ0) is 14.9. The molecule has 0 bridgehead atoms. The van der Waals surface area contributed by atoms with Crippen LogP contribution in [0, 0.1) is 0 Å². The van der Waals surface area contributed by atoms with E-state index in [1.54, 1.807) is 0 Å². The fourth-order valence-corrected chi connectivity index (χ4v) is 3.13. The molecule has 0 aliphatic carbocycles. The summed E-state index contributed by atoms with van der Waals surface area (Å²) >= 11 is -1.40. The van der Waals surface area contributed by atoms with Gasteiger partial charge in [-0.15, -0.1) is 0 Å². The number of hydrogen-bond acceptors (Lipinski definition) is 5. The number of hydrogen-bond donors (Lipinski definition) is 2. The van der Waals surface area contributed by atoms with Gasteiger partial charge in [0.2, 0.25) is 5.88 Å². The molecule has 0 saturated carbocycles. The number of ether oxygens (including phenoxy) is 1. The van der Waals surface area contributed by atoms with Gasteiger partial charge in [-0.1, -0.05) is 6.07 Å². The molecular weight excluding hydrogens is 299 g/mol. The van der Waals surface area contributed by atoms with Crippen molar-refractivity contribution in [3.05, 3.63) is 23.9 Å². The molecule has 0 radical (unpaired) electrons. The average Bonchev–Trinajstić information content (AvgIpc) is 2.35. The van der Waals surface area contributed by atoms with E-state index < -0.39 is 41.4 Å². The molecule has 2 heterocycles. The zero-order valence-electron chi connectivity index (χ0n) is 10.1. The van der Waals surface area contributed by atoms with Gasteiger partial charge in [-0.3, -0.25) is 0 Å². The maximum absolute atomic E-state index is 12.5. The maximum atomic E-state index is 12.5. The minimum atomic E-state index is -4.60. The van der Waals surface area contributed by atoms with Gasteiger partial charge >= 0.3 is 6.18 Å². The van der Waals surface area contributed by atoms with Crippen molar-refractivity contribution in [1.29, 1.82) is 0 Å². The van der Waals surface area contributed by atoms with Crippen molar-refractivity contribution in [3.63, 3.8) is 0 Å². The number of nitrogens with zero attached hydrogens (tertiary/aromatic N) is 1. The van der Waals surface area contributed by atoms with Crippen LogP contribution in [0.3, 0.4) is 0 Å². The fourth-order valence-electron chi connectivity index (χ4n) is 1.78. The lowest BCUT2D eigenvalue weighted by atomic mass is 10.1. The van der Waals surface area contributed by atoms with Gasteiger partial charge in [0.05, 0.1) is 0 Å². The smallest absolute Gasteiger partial charge is 0.433 e. The fraction of sp³-hybridized carbons (Fsp3) is 0.545. The topological polar surface area (TPSA) is 85.6 Å². The van der Waals surface area contributed by atoms with Crippen molar-refractivity contribution in [1.82, 2.24) is 4.98 Å². The molecule has 0 amide bonds. The van der Waals surface area contributed by atoms with Crippen LogP contribution < -0.4 is 4.74 Å². The molecule has 1 aromatic heterocycles. The predicted molar refractivity (Wildman–Crippen MR) is 63.5 cm³/mol. The SMILES string of the molecule is [O-][S+]1C[C@H](Oc2cccc(C(F)(F)F)n2)[C@@H](O)[C@@H](O)C1. The first-order valence-corrected chi connectivity index (χ1v) is 7.18. The maximum Gasteiger partial charge on any atom is 0.433 e. The molecule has 1 unspecified atom stereocenters. The summed E-state index contributed by atoms with van der Waals surface area (Å²) in [6.07, 6.45) is -8.22. The van der Waals surface area contributed by atoms with Crippen LogP contribution in [0.2, 0.25) is 0 Å². The predicted octanol–water partition coefficient (Wildman–Crippen LogP) is 0.332. The number of aliphatic hydroxyl groups excluding tert-OH is 2. The molecule has 1 aliphatic rings. The van der Waals surface area contributed by atoms with E-state index in [1.165, 1.54) is 6.07 Å². The quantitative estimate of drug-likeness (QED) is 0.769. The van der Waals surface area contributed by atoms with Crippen LogP contribution in [-0.4, -0.2) is 49.6 Å². The summed E-state index contributed by atoms with van der Waals surface area (Å²) in [4.78, 5) is 3.28. The van der Waals surface area contributed by atoms with Crippen molar-refractivity contribution < 1.29 is 32.7 Å². The third kappa shape index (κ3) is 3.54. The molecule has 9 heteroatoms. The summed E-state index contributed by atoms with van der Waals surface area (Å²) in [5.41, 5.74) is -1.12. The molecule has 0 spiro atoms. The molecule has 2 rings (SSSR count). The normalized spacial score (nSPS) is 31.1. The van der Waals surface area contributed by atoms with Crippen molar-refractivity contribution in [2.75, 3.05) is 11.5 Å². The largest absolute Gasteiger partial charge is 0.616 e. The first-order valence-electron chi connectivity index (χ1n) is 5.69. The van der Waals surface area contributed by atoms with Crippen LogP contribution in [0.15, 0.2) is 18.2 Å². The highest BCUT2D eigenvalue weighted by Gasteiger charge is 2.40. The molecule has 1 fully saturated rings. The zero-order valence-corrected chi connectivity index (χ0v) is 10.9. The molecule has 1 aliphatic heterocycles. The van der Waals surface area contributed by atoms with E-state index in [9.17, 15) is 27.9 Å². The van der Waals surface area contributed by atoms with Gasteiger partial charge in [-0.05, 0) is 17.2 Å². The van der Waals surface area contributed by atoms with E-state index in [0.29, 0.717) is 0 Å². The van der Waals surface area contributed by atoms with Crippen LogP contribution >= 0.6 is 0 Å². The lowest BCUT2D eigenvalue weighted by Crippen LogP contribution is -2.53. The highest BCUT2D eigenvalue weighted by Crippen LogP contribution is 2.29. The average molecular weight is 311 g/mol. The first-order chi connectivity index (χ1) is 9.27.